The van der Waals surface area contributed by atoms with E-state index in [-0.39, 0.29) is 10.7 Å². The van der Waals surface area contributed by atoms with Crippen LogP contribution in [0.5, 0.6) is 5.75 Å². The number of sulfonamides is 1. The highest BCUT2D eigenvalue weighted by Crippen LogP contribution is 2.19. The molecule has 3 N–H and O–H groups in total. The molecule has 1 heterocycles. The first-order valence-electron chi connectivity index (χ1n) is 5.83. The summed E-state index contributed by atoms with van der Waals surface area (Å²) in [5, 5.41) is 11.4. The molecule has 0 fully saturated rings. The van der Waals surface area contributed by atoms with E-state index in [1.165, 1.54) is 31.1 Å². The minimum atomic E-state index is -3.98. The van der Waals surface area contributed by atoms with Gasteiger partial charge in [-0.05, 0) is 18.2 Å². The number of amides is 1. The molecule has 0 saturated carbocycles. The normalized spacial score (nSPS) is 11.2. The Balaban J connectivity index is 2.32. The highest BCUT2D eigenvalue weighted by molar-refractivity contribution is 7.89. The molecular formula is C12H14N4O4S. The van der Waals surface area contributed by atoms with Crippen molar-refractivity contribution in [1.82, 2.24) is 9.78 Å². The molecule has 1 aromatic heterocycles. The molecule has 21 heavy (non-hydrogen) atoms. The molecule has 0 aliphatic heterocycles. The standard InChI is InChI=1S/C12H14N4O4S/c1-16-7-10(21(13,18)19)11(15-16)14-12(17)8-4-3-5-9(6-8)20-2/h3-7H,1-2H3,(H2,13,18,19)(H,14,15,17). The maximum Gasteiger partial charge on any atom is 0.257 e. The molecule has 2 rings (SSSR count). The molecule has 0 bridgehead atoms. The fourth-order valence-electron chi connectivity index (χ4n) is 1.71. The third kappa shape index (κ3) is 3.38. The first kappa shape index (κ1) is 15.0. The second-order valence-electron chi connectivity index (χ2n) is 4.25. The van der Waals surface area contributed by atoms with Gasteiger partial charge in [0.05, 0.1) is 7.11 Å². The van der Waals surface area contributed by atoms with Crippen LogP contribution in [0.2, 0.25) is 0 Å². The van der Waals surface area contributed by atoms with Crippen LogP contribution < -0.4 is 15.2 Å². The van der Waals surface area contributed by atoms with Crippen molar-refractivity contribution in [2.75, 3.05) is 12.4 Å². The molecule has 0 aliphatic rings. The maximum atomic E-state index is 12.1. The van der Waals surface area contributed by atoms with E-state index in [0.717, 1.165) is 0 Å². The zero-order valence-electron chi connectivity index (χ0n) is 11.4. The summed E-state index contributed by atoms with van der Waals surface area (Å²) >= 11 is 0. The van der Waals surface area contributed by atoms with Crippen LogP contribution in [-0.2, 0) is 17.1 Å². The van der Waals surface area contributed by atoms with Crippen LogP contribution in [0.15, 0.2) is 35.4 Å². The van der Waals surface area contributed by atoms with Crippen LogP contribution in [0.4, 0.5) is 5.82 Å². The van der Waals surface area contributed by atoms with E-state index in [2.05, 4.69) is 10.4 Å². The monoisotopic (exact) mass is 310 g/mol. The summed E-state index contributed by atoms with van der Waals surface area (Å²) in [5.41, 5.74) is 0.306. The van der Waals surface area contributed by atoms with Crippen molar-refractivity contribution >= 4 is 21.7 Å². The number of nitrogens with one attached hydrogen (secondary N) is 1. The number of aryl methyl sites for hydroxylation is 1. The maximum absolute atomic E-state index is 12.1. The van der Waals surface area contributed by atoms with Crippen LogP contribution in [0, 0.1) is 0 Å². The van der Waals surface area contributed by atoms with Gasteiger partial charge in [-0.25, -0.2) is 13.6 Å². The topological polar surface area (TPSA) is 116 Å². The number of ether oxygens (including phenoxy) is 1. The van der Waals surface area contributed by atoms with Crippen molar-refractivity contribution in [3.8, 4) is 5.75 Å². The number of hydrogen-bond acceptors (Lipinski definition) is 5. The van der Waals surface area contributed by atoms with Crippen molar-refractivity contribution in [2.45, 2.75) is 4.90 Å². The average Bonchev–Trinajstić information content (AvgIpc) is 2.79. The van der Waals surface area contributed by atoms with Crippen molar-refractivity contribution in [3.63, 3.8) is 0 Å². The van der Waals surface area contributed by atoms with Crippen LogP contribution >= 0.6 is 0 Å². The van der Waals surface area contributed by atoms with Crippen LogP contribution in [-0.4, -0.2) is 31.2 Å². The predicted molar refractivity (Wildman–Crippen MR) is 75.5 cm³/mol. The minimum absolute atomic E-state index is 0.118. The Hall–Kier alpha value is -2.39. The van der Waals surface area contributed by atoms with Gasteiger partial charge in [-0.15, -0.1) is 0 Å². The van der Waals surface area contributed by atoms with Gasteiger partial charge in [0.1, 0.15) is 10.6 Å². The second-order valence-corrected chi connectivity index (χ2v) is 5.78. The first-order chi connectivity index (χ1) is 9.81. The number of primary sulfonamides is 1. The van der Waals surface area contributed by atoms with Crippen molar-refractivity contribution in [1.29, 1.82) is 0 Å². The Morgan fingerprint density at radius 3 is 2.76 bits per heavy atom. The fraction of sp³-hybridized carbons (Fsp3) is 0.167. The number of benzene rings is 1. The van der Waals surface area contributed by atoms with Gasteiger partial charge < -0.3 is 10.1 Å². The summed E-state index contributed by atoms with van der Waals surface area (Å²) in [6, 6.07) is 6.42. The molecule has 0 atom stereocenters. The molecule has 0 spiro atoms. The van der Waals surface area contributed by atoms with E-state index in [1.807, 2.05) is 0 Å². The zero-order chi connectivity index (χ0) is 15.6. The molecular weight excluding hydrogens is 296 g/mol. The lowest BCUT2D eigenvalue weighted by atomic mass is 10.2. The number of rotatable bonds is 4. The summed E-state index contributed by atoms with van der Waals surface area (Å²) < 4.78 is 29.1. The number of methoxy groups -OCH3 is 1. The van der Waals surface area contributed by atoms with Gasteiger partial charge in [0.2, 0.25) is 10.0 Å². The summed E-state index contributed by atoms with van der Waals surface area (Å²) in [6.07, 6.45) is 1.22. The lowest BCUT2D eigenvalue weighted by molar-refractivity contribution is 0.102. The van der Waals surface area contributed by atoms with E-state index < -0.39 is 15.9 Å². The first-order valence-corrected chi connectivity index (χ1v) is 7.38. The van der Waals surface area contributed by atoms with Gasteiger partial charge in [0, 0.05) is 18.8 Å². The lowest BCUT2D eigenvalue weighted by Gasteiger charge is -2.05. The minimum Gasteiger partial charge on any atom is -0.497 e. The summed E-state index contributed by atoms with van der Waals surface area (Å²) in [7, 11) is -0.971. The van der Waals surface area contributed by atoms with Crippen molar-refractivity contribution < 1.29 is 17.9 Å². The largest absolute Gasteiger partial charge is 0.497 e. The molecule has 2 aromatic rings. The summed E-state index contributed by atoms with van der Waals surface area (Å²) in [6.45, 7) is 0. The number of carbonyl (C=O) groups excluding carboxylic acids is 1. The quantitative estimate of drug-likeness (QED) is 0.844. The van der Waals surface area contributed by atoms with E-state index in [1.54, 1.807) is 18.2 Å². The van der Waals surface area contributed by atoms with Crippen molar-refractivity contribution in [3.05, 3.63) is 36.0 Å². The molecule has 0 radical (unpaired) electrons. The zero-order valence-corrected chi connectivity index (χ0v) is 12.2. The Morgan fingerprint density at radius 1 is 1.43 bits per heavy atom. The molecule has 0 aliphatic carbocycles. The molecule has 1 aromatic carbocycles. The Morgan fingerprint density at radius 2 is 2.14 bits per heavy atom. The number of anilines is 1. The van der Waals surface area contributed by atoms with E-state index >= 15 is 0 Å². The Bertz CT molecular complexity index is 782. The Kier molecular flexibility index (Phi) is 3.96. The number of nitrogens with zero attached hydrogens (tertiary/aromatic N) is 2. The predicted octanol–water partition coefficient (Wildman–Crippen LogP) is 0.328. The average molecular weight is 310 g/mol. The van der Waals surface area contributed by atoms with Gasteiger partial charge in [0.15, 0.2) is 5.82 Å². The van der Waals surface area contributed by atoms with Gasteiger partial charge in [-0.1, -0.05) is 6.07 Å². The lowest BCUT2D eigenvalue weighted by Crippen LogP contribution is -2.17. The highest BCUT2D eigenvalue weighted by Gasteiger charge is 2.20. The third-order valence-electron chi connectivity index (χ3n) is 2.67. The van der Waals surface area contributed by atoms with Gasteiger partial charge in [-0.3, -0.25) is 9.48 Å². The molecule has 1 amide bonds. The van der Waals surface area contributed by atoms with Gasteiger partial charge in [-0.2, -0.15) is 5.10 Å². The number of nitrogens with two attached hydrogens (primary N) is 1. The molecule has 0 unspecified atom stereocenters. The smallest absolute Gasteiger partial charge is 0.257 e. The molecule has 0 saturated heterocycles. The molecule has 8 nitrogen and oxygen atoms in total. The van der Waals surface area contributed by atoms with E-state index in [4.69, 9.17) is 9.88 Å². The second kappa shape index (κ2) is 5.54. The number of carbonyl (C=O) groups is 1. The third-order valence-corrected chi connectivity index (χ3v) is 3.58. The van der Waals surface area contributed by atoms with Gasteiger partial charge >= 0.3 is 0 Å². The highest BCUT2D eigenvalue weighted by atomic mass is 32.2. The van der Waals surface area contributed by atoms with E-state index in [0.29, 0.717) is 11.3 Å². The summed E-state index contributed by atoms with van der Waals surface area (Å²) in [5.74, 6) is -0.124. The Labute approximate surface area is 121 Å². The van der Waals surface area contributed by atoms with Crippen molar-refractivity contribution in [2.24, 2.45) is 12.2 Å². The van der Waals surface area contributed by atoms with Crippen LogP contribution in [0.25, 0.3) is 0 Å². The molecule has 9 heteroatoms. The van der Waals surface area contributed by atoms with Crippen LogP contribution in [0.1, 0.15) is 10.4 Å². The molecule has 112 valence electrons. The number of hydrogen-bond donors (Lipinski definition) is 2. The number of aromatic nitrogens is 2. The SMILES string of the molecule is COc1cccc(C(=O)Nc2nn(C)cc2S(N)(=O)=O)c1. The van der Waals surface area contributed by atoms with Crippen LogP contribution in [0.3, 0.4) is 0 Å². The summed E-state index contributed by atoms with van der Waals surface area (Å²) in [4.78, 5) is 11.9. The van der Waals surface area contributed by atoms with Gasteiger partial charge in [0.25, 0.3) is 5.91 Å². The fourth-order valence-corrected chi connectivity index (χ4v) is 2.37. The van der Waals surface area contributed by atoms with E-state index in [9.17, 15) is 13.2 Å².